The molecule has 7 heteroatoms. The van der Waals surface area contributed by atoms with Crippen molar-refractivity contribution in [3.63, 3.8) is 0 Å². The van der Waals surface area contributed by atoms with E-state index in [0.29, 0.717) is 0 Å². The van der Waals surface area contributed by atoms with Crippen molar-refractivity contribution < 1.29 is 22.3 Å². The summed E-state index contributed by atoms with van der Waals surface area (Å²) in [6.45, 7) is 0. The van der Waals surface area contributed by atoms with E-state index in [1.165, 1.54) is 0 Å². The Labute approximate surface area is 78.7 Å². The Kier molecular flexibility index (Phi) is 2.74. The number of hydrogen-bond acceptors (Lipinski definition) is 2. The smallest absolute Gasteiger partial charge is 0.403 e. The fourth-order valence-electron chi connectivity index (χ4n) is 0.600. The van der Waals surface area contributed by atoms with E-state index in [1.807, 2.05) is 0 Å². The lowest BCUT2D eigenvalue weighted by molar-refractivity contribution is -0.275. The minimum Gasteiger partial charge on any atom is -0.403 e. The van der Waals surface area contributed by atoms with Gasteiger partial charge in [0.2, 0.25) is 5.95 Å². The lowest BCUT2D eigenvalue weighted by Gasteiger charge is -2.09. The molecule has 72 valence electrons. The first-order valence-corrected chi connectivity index (χ1v) is 3.75. The van der Waals surface area contributed by atoms with E-state index in [2.05, 4.69) is 25.7 Å². The quantitative estimate of drug-likeness (QED) is 0.572. The minimum atomic E-state index is -4.80. The predicted molar refractivity (Wildman–Crippen MR) is 38.6 cm³/mol. The van der Waals surface area contributed by atoms with Gasteiger partial charge in [0.1, 0.15) is 0 Å². The average Bonchev–Trinajstić information content (AvgIpc) is 1.93. The maximum absolute atomic E-state index is 12.3. The van der Waals surface area contributed by atoms with Gasteiger partial charge in [0, 0.05) is 0 Å². The van der Waals surface area contributed by atoms with E-state index in [0.717, 1.165) is 12.1 Å². The summed E-state index contributed by atoms with van der Waals surface area (Å²) >= 11 is 2.62. The van der Waals surface area contributed by atoms with Gasteiger partial charge in [-0.2, -0.15) is 4.39 Å². The summed E-state index contributed by atoms with van der Waals surface area (Å²) in [7, 11) is 0. The van der Waals surface area contributed by atoms with Crippen LogP contribution in [0.25, 0.3) is 0 Å². The van der Waals surface area contributed by atoms with Crippen molar-refractivity contribution in [2.24, 2.45) is 0 Å². The second-order valence-electron chi connectivity index (χ2n) is 1.97. The summed E-state index contributed by atoms with van der Waals surface area (Å²) in [5, 5.41) is 0. The summed E-state index contributed by atoms with van der Waals surface area (Å²) in [5.74, 6) is -1.46. The number of nitrogens with zero attached hydrogens (tertiary/aromatic N) is 1. The van der Waals surface area contributed by atoms with Gasteiger partial charge in [0.15, 0.2) is 10.4 Å². The Morgan fingerprint density at radius 1 is 1.31 bits per heavy atom. The molecule has 0 aliphatic heterocycles. The molecule has 0 atom stereocenters. The third-order valence-electron chi connectivity index (χ3n) is 1.01. The molecule has 2 nitrogen and oxygen atoms in total. The molecule has 0 amide bonds. The normalized spacial score (nSPS) is 11.5. The van der Waals surface area contributed by atoms with Gasteiger partial charge >= 0.3 is 6.36 Å². The van der Waals surface area contributed by atoms with Crippen LogP contribution in [0, 0.1) is 5.95 Å². The Morgan fingerprint density at radius 3 is 2.38 bits per heavy atom. The number of rotatable bonds is 1. The minimum absolute atomic E-state index is 0.329. The number of hydrogen-bond donors (Lipinski definition) is 0. The van der Waals surface area contributed by atoms with Crippen LogP contribution < -0.4 is 4.74 Å². The van der Waals surface area contributed by atoms with Crippen molar-refractivity contribution in [1.82, 2.24) is 4.98 Å². The SMILES string of the molecule is Fc1ccc(OC(F)(F)F)c(Br)n1. The van der Waals surface area contributed by atoms with E-state index in [9.17, 15) is 17.6 Å². The van der Waals surface area contributed by atoms with Crippen molar-refractivity contribution in [1.29, 1.82) is 0 Å². The van der Waals surface area contributed by atoms with Crippen LogP contribution >= 0.6 is 15.9 Å². The van der Waals surface area contributed by atoms with Crippen LogP contribution in [0.3, 0.4) is 0 Å². The van der Waals surface area contributed by atoms with E-state index in [-0.39, 0.29) is 4.60 Å². The molecule has 0 saturated carbocycles. The molecule has 0 spiro atoms. The molecule has 0 saturated heterocycles. The summed E-state index contributed by atoms with van der Waals surface area (Å²) in [4.78, 5) is 3.08. The van der Waals surface area contributed by atoms with Gasteiger partial charge in [-0.15, -0.1) is 13.2 Å². The van der Waals surface area contributed by atoms with Gasteiger partial charge in [-0.1, -0.05) is 0 Å². The molecule has 1 heterocycles. The molecule has 0 N–H and O–H groups in total. The second kappa shape index (κ2) is 3.49. The van der Waals surface area contributed by atoms with Gasteiger partial charge in [-0.3, -0.25) is 0 Å². The maximum atomic E-state index is 12.3. The third kappa shape index (κ3) is 3.17. The van der Waals surface area contributed by atoms with Gasteiger partial charge in [-0.05, 0) is 28.1 Å². The van der Waals surface area contributed by atoms with Crippen molar-refractivity contribution in [2.45, 2.75) is 6.36 Å². The van der Waals surface area contributed by atoms with E-state index in [4.69, 9.17) is 0 Å². The standard InChI is InChI=1S/C6H2BrF4NO/c7-5-3(13-6(9,10)11)1-2-4(8)12-5/h1-2H. The number of aromatic nitrogens is 1. The molecule has 1 aromatic rings. The van der Waals surface area contributed by atoms with Gasteiger partial charge in [0.25, 0.3) is 0 Å². The Bertz CT molecular complexity index is 314. The zero-order chi connectivity index (χ0) is 10.1. The molecular weight excluding hydrogens is 258 g/mol. The van der Waals surface area contributed by atoms with Crippen molar-refractivity contribution in [3.8, 4) is 5.75 Å². The van der Waals surface area contributed by atoms with Crippen molar-refractivity contribution in [3.05, 3.63) is 22.7 Å². The van der Waals surface area contributed by atoms with Crippen LogP contribution in [0.15, 0.2) is 16.7 Å². The zero-order valence-electron chi connectivity index (χ0n) is 5.90. The first-order chi connectivity index (χ1) is 5.88. The lowest BCUT2D eigenvalue weighted by atomic mass is 10.5. The molecule has 0 radical (unpaired) electrons. The van der Waals surface area contributed by atoms with Gasteiger partial charge < -0.3 is 4.74 Å². The topological polar surface area (TPSA) is 22.1 Å². The van der Waals surface area contributed by atoms with Gasteiger partial charge in [0.05, 0.1) is 0 Å². The highest BCUT2D eigenvalue weighted by atomic mass is 79.9. The highest BCUT2D eigenvalue weighted by Gasteiger charge is 2.32. The first kappa shape index (κ1) is 10.2. The van der Waals surface area contributed by atoms with E-state index < -0.39 is 18.1 Å². The van der Waals surface area contributed by atoms with Crippen LogP contribution in [0.4, 0.5) is 17.6 Å². The average molecular weight is 260 g/mol. The fraction of sp³-hybridized carbons (Fsp3) is 0.167. The Balaban J connectivity index is 2.90. The van der Waals surface area contributed by atoms with Gasteiger partial charge in [-0.25, -0.2) is 4.98 Å². The molecule has 0 bridgehead atoms. The summed E-state index contributed by atoms with van der Waals surface area (Å²) in [6, 6.07) is 1.60. The monoisotopic (exact) mass is 259 g/mol. The third-order valence-corrected chi connectivity index (χ3v) is 1.57. The molecule has 0 aromatic carbocycles. The fourth-order valence-corrected chi connectivity index (χ4v) is 0.983. The molecule has 1 rings (SSSR count). The molecular formula is C6H2BrF4NO. The van der Waals surface area contributed by atoms with Crippen molar-refractivity contribution in [2.75, 3.05) is 0 Å². The van der Waals surface area contributed by atoms with Crippen LogP contribution in [-0.2, 0) is 0 Å². The first-order valence-electron chi connectivity index (χ1n) is 2.96. The Morgan fingerprint density at radius 2 is 1.92 bits per heavy atom. The van der Waals surface area contributed by atoms with E-state index in [1.54, 1.807) is 0 Å². The summed E-state index contributed by atoms with van der Waals surface area (Å²) in [6.07, 6.45) is -4.80. The predicted octanol–water partition coefficient (Wildman–Crippen LogP) is 2.88. The van der Waals surface area contributed by atoms with E-state index >= 15 is 0 Å². The van der Waals surface area contributed by atoms with Crippen LogP contribution in [0.2, 0.25) is 0 Å². The molecule has 0 aliphatic carbocycles. The van der Waals surface area contributed by atoms with Crippen LogP contribution in [0.1, 0.15) is 0 Å². The molecule has 0 aliphatic rings. The number of pyridine rings is 1. The number of ether oxygens (including phenoxy) is 1. The lowest BCUT2D eigenvalue weighted by Crippen LogP contribution is -2.17. The number of halogens is 5. The van der Waals surface area contributed by atoms with Crippen LogP contribution in [-0.4, -0.2) is 11.3 Å². The summed E-state index contributed by atoms with van der Waals surface area (Å²) < 4.78 is 50.5. The molecule has 0 unspecified atom stereocenters. The molecule has 1 aromatic heterocycles. The van der Waals surface area contributed by atoms with Crippen LogP contribution in [0.5, 0.6) is 5.75 Å². The molecule has 0 fully saturated rings. The largest absolute Gasteiger partial charge is 0.573 e. The molecule has 13 heavy (non-hydrogen) atoms. The Hall–Kier alpha value is -0.850. The zero-order valence-corrected chi connectivity index (χ0v) is 7.49. The second-order valence-corrected chi connectivity index (χ2v) is 2.72. The highest BCUT2D eigenvalue weighted by Crippen LogP contribution is 2.28. The maximum Gasteiger partial charge on any atom is 0.573 e. The van der Waals surface area contributed by atoms with Crippen molar-refractivity contribution >= 4 is 15.9 Å². The number of alkyl halides is 3. The highest BCUT2D eigenvalue weighted by molar-refractivity contribution is 9.10. The summed E-state index contributed by atoms with van der Waals surface area (Å²) in [5.41, 5.74) is 0.